The van der Waals surface area contributed by atoms with Gasteiger partial charge in [0, 0.05) is 19.8 Å². The minimum Gasteiger partial charge on any atom is -0.351 e. The fourth-order valence-electron chi connectivity index (χ4n) is 2.30. The van der Waals surface area contributed by atoms with E-state index in [0.717, 1.165) is 19.3 Å². The molecule has 1 aromatic rings. The van der Waals surface area contributed by atoms with Gasteiger partial charge in [0.2, 0.25) is 0 Å². The second-order valence-electron chi connectivity index (χ2n) is 4.85. The number of hydrogen-bond donors (Lipinski definition) is 2. The lowest BCUT2D eigenvalue weighted by Crippen LogP contribution is -2.47. The fraction of sp³-hybridized carbons (Fsp3) is 0.636. The highest BCUT2D eigenvalue weighted by Crippen LogP contribution is 2.40. The van der Waals surface area contributed by atoms with Gasteiger partial charge in [0.1, 0.15) is 5.03 Å². The fourth-order valence-corrected chi connectivity index (χ4v) is 3.55. The number of hydrogen-bond acceptors (Lipinski definition) is 3. The number of nitrogens with zero attached hydrogens (tertiary/aromatic N) is 1. The Kier molecular flexibility index (Phi) is 3.29. The lowest BCUT2D eigenvalue weighted by atomic mass is 9.69. The Hall–Kier alpha value is -0.850. The third kappa shape index (κ3) is 2.25. The molecule has 1 aliphatic rings. The summed E-state index contributed by atoms with van der Waals surface area (Å²) in [5.41, 5.74) is 5.74. The summed E-state index contributed by atoms with van der Waals surface area (Å²) in [5.74, 6) is 0. The minimum absolute atomic E-state index is 0.00554. The number of aromatic nitrogens is 1. The predicted octanol–water partition coefficient (Wildman–Crippen LogP) is 0.764. The van der Waals surface area contributed by atoms with Gasteiger partial charge in [-0.15, -0.1) is 0 Å². The van der Waals surface area contributed by atoms with Crippen molar-refractivity contribution in [1.82, 2.24) is 9.29 Å². The van der Waals surface area contributed by atoms with E-state index in [1.807, 2.05) is 0 Å². The molecule has 1 fully saturated rings. The van der Waals surface area contributed by atoms with Crippen molar-refractivity contribution >= 4 is 10.0 Å². The summed E-state index contributed by atoms with van der Waals surface area (Å²) in [6, 6.07) is 3.25. The first kappa shape index (κ1) is 12.6. The molecule has 0 aromatic carbocycles. The van der Waals surface area contributed by atoms with Crippen molar-refractivity contribution in [1.29, 1.82) is 0 Å². The van der Waals surface area contributed by atoms with E-state index in [2.05, 4.69) is 4.98 Å². The third-order valence-corrected chi connectivity index (χ3v) is 5.42. The van der Waals surface area contributed by atoms with Gasteiger partial charge in [-0.3, -0.25) is 0 Å². The van der Waals surface area contributed by atoms with Crippen molar-refractivity contribution in [2.45, 2.75) is 24.3 Å². The van der Waals surface area contributed by atoms with Crippen molar-refractivity contribution in [2.24, 2.45) is 11.1 Å². The molecule has 0 atom stereocenters. The van der Waals surface area contributed by atoms with Crippen LogP contribution in [-0.4, -0.2) is 37.8 Å². The van der Waals surface area contributed by atoms with Gasteiger partial charge in [-0.05, 0) is 36.9 Å². The summed E-state index contributed by atoms with van der Waals surface area (Å²) in [6.45, 7) is 1.06. The van der Waals surface area contributed by atoms with Gasteiger partial charge in [-0.25, -0.2) is 8.42 Å². The summed E-state index contributed by atoms with van der Waals surface area (Å²) in [5, 5.41) is 0.242. The van der Waals surface area contributed by atoms with E-state index in [9.17, 15) is 8.42 Å². The summed E-state index contributed by atoms with van der Waals surface area (Å²) in [7, 11) is -1.78. The molecule has 1 aromatic heterocycles. The van der Waals surface area contributed by atoms with E-state index in [-0.39, 0.29) is 10.4 Å². The normalized spacial score (nSPS) is 19.2. The molecule has 0 aliphatic heterocycles. The molecular weight excluding hydrogens is 238 g/mol. The highest BCUT2D eigenvalue weighted by atomic mass is 32.2. The van der Waals surface area contributed by atoms with Crippen LogP contribution in [0.1, 0.15) is 19.3 Å². The average molecular weight is 257 g/mol. The van der Waals surface area contributed by atoms with Gasteiger partial charge in [-0.1, -0.05) is 6.42 Å². The first-order chi connectivity index (χ1) is 8.00. The molecule has 3 N–H and O–H groups in total. The van der Waals surface area contributed by atoms with E-state index in [4.69, 9.17) is 5.73 Å². The second kappa shape index (κ2) is 4.44. The van der Waals surface area contributed by atoms with Crippen LogP contribution >= 0.6 is 0 Å². The van der Waals surface area contributed by atoms with Crippen LogP contribution in [-0.2, 0) is 10.0 Å². The van der Waals surface area contributed by atoms with E-state index < -0.39 is 10.0 Å². The van der Waals surface area contributed by atoms with Crippen LogP contribution in [0, 0.1) is 5.41 Å². The monoisotopic (exact) mass is 257 g/mol. The van der Waals surface area contributed by atoms with Crippen LogP contribution in [0.3, 0.4) is 0 Å². The third-order valence-electron chi connectivity index (χ3n) is 3.66. The Morgan fingerprint density at radius 3 is 2.65 bits per heavy atom. The van der Waals surface area contributed by atoms with Gasteiger partial charge >= 0.3 is 0 Å². The quantitative estimate of drug-likeness (QED) is 0.817. The highest BCUT2D eigenvalue weighted by Gasteiger charge is 2.39. The van der Waals surface area contributed by atoms with Crippen LogP contribution < -0.4 is 5.73 Å². The van der Waals surface area contributed by atoms with Gasteiger partial charge < -0.3 is 10.7 Å². The molecule has 1 aliphatic carbocycles. The van der Waals surface area contributed by atoms with Crippen LogP contribution in [0.5, 0.6) is 0 Å². The van der Waals surface area contributed by atoms with E-state index in [1.165, 1.54) is 4.31 Å². The topological polar surface area (TPSA) is 79.2 Å². The number of nitrogens with two attached hydrogens (primary N) is 1. The summed E-state index contributed by atoms with van der Waals surface area (Å²) < 4.78 is 25.8. The Morgan fingerprint density at radius 2 is 2.24 bits per heavy atom. The van der Waals surface area contributed by atoms with Crippen molar-refractivity contribution in [3.63, 3.8) is 0 Å². The maximum absolute atomic E-state index is 12.2. The predicted molar refractivity (Wildman–Crippen MR) is 65.9 cm³/mol. The molecule has 0 radical (unpaired) electrons. The molecule has 96 valence electrons. The summed E-state index contributed by atoms with van der Waals surface area (Å²) in [4.78, 5) is 2.74. The van der Waals surface area contributed by atoms with Gasteiger partial charge in [-0.2, -0.15) is 4.31 Å². The van der Waals surface area contributed by atoms with Crippen molar-refractivity contribution in [3.05, 3.63) is 18.3 Å². The first-order valence-electron chi connectivity index (χ1n) is 5.80. The van der Waals surface area contributed by atoms with Crippen molar-refractivity contribution in [2.75, 3.05) is 20.1 Å². The molecular formula is C11H19N3O2S. The molecule has 2 rings (SSSR count). The number of H-pyrrole nitrogens is 1. The zero-order valence-corrected chi connectivity index (χ0v) is 10.8. The molecule has 1 saturated carbocycles. The van der Waals surface area contributed by atoms with E-state index >= 15 is 0 Å². The van der Waals surface area contributed by atoms with Crippen molar-refractivity contribution < 1.29 is 8.42 Å². The molecule has 0 amide bonds. The molecule has 0 spiro atoms. The Balaban J connectivity index is 2.12. The number of rotatable bonds is 5. The van der Waals surface area contributed by atoms with E-state index in [1.54, 1.807) is 25.4 Å². The van der Waals surface area contributed by atoms with Gasteiger partial charge in [0.15, 0.2) is 0 Å². The zero-order chi connectivity index (χ0) is 12.5. The minimum atomic E-state index is -3.39. The highest BCUT2D eigenvalue weighted by molar-refractivity contribution is 7.89. The number of sulfonamides is 1. The summed E-state index contributed by atoms with van der Waals surface area (Å²) in [6.07, 6.45) is 4.80. The van der Waals surface area contributed by atoms with Crippen LogP contribution in [0.2, 0.25) is 0 Å². The van der Waals surface area contributed by atoms with Crippen molar-refractivity contribution in [3.8, 4) is 0 Å². The van der Waals surface area contributed by atoms with Crippen LogP contribution in [0.25, 0.3) is 0 Å². The van der Waals surface area contributed by atoms with E-state index in [0.29, 0.717) is 13.1 Å². The SMILES string of the molecule is CN(CC1(CN)CCC1)S(=O)(=O)c1ccc[nH]1. The molecule has 6 heteroatoms. The lowest BCUT2D eigenvalue weighted by molar-refractivity contribution is 0.117. The zero-order valence-electron chi connectivity index (χ0n) is 10.0. The Morgan fingerprint density at radius 1 is 1.53 bits per heavy atom. The molecule has 0 bridgehead atoms. The largest absolute Gasteiger partial charge is 0.351 e. The lowest BCUT2D eigenvalue weighted by Gasteiger charge is -2.43. The smallest absolute Gasteiger partial charge is 0.258 e. The van der Waals surface area contributed by atoms with Crippen LogP contribution in [0.4, 0.5) is 0 Å². The van der Waals surface area contributed by atoms with Gasteiger partial charge in [0.25, 0.3) is 10.0 Å². The standard InChI is InChI=1S/C11H19N3O2S/c1-14(9-11(8-12)5-3-6-11)17(15,16)10-4-2-7-13-10/h2,4,7,13H,3,5-6,8-9,12H2,1H3. The number of nitrogens with one attached hydrogen (secondary N) is 1. The number of aromatic amines is 1. The Labute approximate surface area is 102 Å². The molecule has 1 heterocycles. The first-order valence-corrected chi connectivity index (χ1v) is 7.24. The molecule has 0 unspecified atom stereocenters. The average Bonchev–Trinajstić information content (AvgIpc) is 2.76. The summed E-state index contributed by atoms with van der Waals surface area (Å²) >= 11 is 0. The second-order valence-corrected chi connectivity index (χ2v) is 6.87. The molecule has 5 nitrogen and oxygen atoms in total. The van der Waals surface area contributed by atoms with Gasteiger partial charge in [0.05, 0.1) is 0 Å². The maximum Gasteiger partial charge on any atom is 0.258 e. The van der Waals surface area contributed by atoms with Crippen LogP contribution in [0.15, 0.2) is 23.4 Å². The molecule has 0 saturated heterocycles. The molecule has 17 heavy (non-hydrogen) atoms. The Bertz CT molecular complexity index is 457. The maximum atomic E-state index is 12.2.